The van der Waals surface area contributed by atoms with Crippen LogP contribution < -0.4 is 0 Å². The molecule has 0 bridgehead atoms. The van der Waals surface area contributed by atoms with Crippen molar-refractivity contribution in [3.63, 3.8) is 0 Å². The van der Waals surface area contributed by atoms with E-state index in [1.54, 1.807) is 29.2 Å². The van der Waals surface area contributed by atoms with Gasteiger partial charge in [-0.05, 0) is 26.0 Å². The summed E-state index contributed by atoms with van der Waals surface area (Å²) in [5.41, 5.74) is 0.235. The summed E-state index contributed by atoms with van der Waals surface area (Å²) in [7, 11) is 0. The van der Waals surface area contributed by atoms with E-state index in [1.165, 1.54) is 11.8 Å². The number of aromatic carboxylic acids is 1. The predicted octanol–water partition coefficient (Wildman–Crippen LogP) is 2.11. The number of benzene rings is 1. The number of carbonyl (C=O) groups excluding carboxylic acids is 1. The van der Waals surface area contributed by atoms with Gasteiger partial charge in [-0.15, -0.1) is 11.8 Å². The molecule has 1 heterocycles. The molecule has 2 atom stereocenters. The lowest BCUT2D eigenvalue weighted by molar-refractivity contribution is -0.140. The first-order chi connectivity index (χ1) is 9.97. The van der Waals surface area contributed by atoms with E-state index in [9.17, 15) is 9.59 Å². The first-order valence-corrected chi connectivity index (χ1v) is 7.84. The Labute approximate surface area is 128 Å². The third-order valence-electron chi connectivity index (χ3n) is 3.24. The molecule has 1 aromatic carbocycles. The molecule has 1 aromatic rings. The minimum atomic E-state index is -0.973. The lowest BCUT2D eigenvalue weighted by Crippen LogP contribution is -2.48. The maximum absolute atomic E-state index is 12.2. The Morgan fingerprint density at radius 3 is 2.52 bits per heavy atom. The summed E-state index contributed by atoms with van der Waals surface area (Å²) in [6.45, 7) is 5.07. The van der Waals surface area contributed by atoms with Crippen LogP contribution in [0.5, 0.6) is 0 Å². The molecule has 2 rings (SSSR count). The smallest absolute Gasteiger partial charge is 0.336 e. The molecule has 2 unspecified atom stereocenters. The maximum atomic E-state index is 12.2. The summed E-state index contributed by atoms with van der Waals surface area (Å²) in [5, 5.41) is 9.12. The lowest BCUT2D eigenvalue weighted by Gasteiger charge is -2.35. The zero-order valence-electron chi connectivity index (χ0n) is 12.1. The molecule has 0 radical (unpaired) electrons. The molecule has 21 heavy (non-hydrogen) atoms. The fourth-order valence-electron chi connectivity index (χ4n) is 2.38. The quantitative estimate of drug-likeness (QED) is 0.863. The number of carboxylic acid groups (broad SMARTS) is 1. The van der Waals surface area contributed by atoms with Crippen molar-refractivity contribution in [2.45, 2.75) is 31.0 Å². The van der Waals surface area contributed by atoms with Crippen LogP contribution in [0.25, 0.3) is 0 Å². The predicted molar refractivity (Wildman–Crippen MR) is 80.7 cm³/mol. The van der Waals surface area contributed by atoms with Crippen molar-refractivity contribution >= 4 is 23.6 Å². The summed E-state index contributed by atoms with van der Waals surface area (Å²) in [6.07, 6.45) is 0.0722. The Kier molecular flexibility index (Phi) is 5.25. The van der Waals surface area contributed by atoms with Crippen LogP contribution in [0.2, 0.25) is 0 Å². The van der Waals surface area contributed by atoms with Gasteiger partial charge in [0, 0.05) is 18.0 Å². The molecule has 1 aliphatic rings. The Hall–Kier alpha value is -1.53. The van der Waals surface area contributed by atoms with Crippen LogP contribution in [0.3, 0.4) is 0 Å². The summed E-state index contributed by atoms with van der Waals surface area (Å²) >= 11 is 1.27. The highest BCUT2D eigenvalue weighted by molar-refractivity contribution is 8.00. The van der Waals surface area contributed by atoms with E-state index < -0.39 is 5.97 Å². The first-order valence-electron chi connectivity index (χ1n) is 6.85. The van der Waals surface area contributed by atoms with Gasteiger partial charge in [-0.3, -0.25) is 4.79 Å². The van der Waals surface area contributed by atoms with E-state index in [4.69, 9.17) is 9.84 Å². The topological polar surface area (TPSA) is 66.8 Å². The normalized spacial score (nSPS) is 22.1. The lowest BCUT2D eigenvalue weighted by atomic mass is 10.2. The summed E-state index contributed by atoms with van der Waals surface area (Å²) in [4.78, 5) is 25.8. The molecule has 1 saturated heterocycles. The van der Waals surface area contributed by atoms with E-state index in [0.29, 0.717) is 18.0 Å². The van der Waals surface area contributed by atoms with Crippen LogP contribution in [0, 0.1) is 0 Å². The van der Waals surface area contributed by atoms with Gasteiger partial charge in [0.1, 0.15) is 0 Å². The molecule has 0 aliphatic carbocycles. The van der Waals surface area contributed by atoms with E-state index in [-0.39, 0.29) is 29.4 Å². The van der Waals surface area contributed by atoms with Crippen LogP contribution in [-0.2, 0) is 9.53 Å². The SMILES string of the molecule is CC1CN(C(=O)CSc2ccccc2C(=O)O)CC(C)O1. The molecule has 1 N–H and O–H groups in total. The number of carbonyl (C=O) groups is 2. The number of amides is 1. The van der Waals surface area contributed by atoms with Gasteiger partial charge < -0.3 is 14.7 Å². The Bertz CT molecular complexity index is 524. The molecular weight excluding hydrogens is 290 g/mol. The zero-order chi connectivity index (χ0) is 15.4. The van der Waals surface area contributed by atoms with E-state index in [1.807, 2.05) is 13.8 Å². The number of morpholine rings is 1. The van der Waals surface area contributed by atoms with Crippen molar-refractivity contribution in [2.75, 3.05) is 18.8 Å². The van der Waals surface area contributed by atoms with Crippen molar-refractivity contribution in [1.29, 1.82) is 0 Å². The number of hydrogen-bond acceptors (Lipinski definition) is 4. The van der Waals surface area contributed by atoms with Gasteiger partial charge in [0.05, 0.1) is 23.5 Å². The van der Waals surface area contributed by atoms with Gasteiger partial charge in [-0.25, -0.2) is 4.79 Å². The second-order valence-corrected chi connectivity index (χ2v) is 6.16. The fraction of sp³-hybridized carbons (Fsp3) is 0.467. The van der Waals surface area contributed by atoms with Crippen LogP contribution >= 0.6 is 11.8 Å². The maximum Gasteiger partial charge on any atom is 0.336 e. The zero-order valence-corrected chi connectivity index (χ0v) is 12.9. The van der Waals surface area contributed by atoms with E-state index in [0.717, 1.165) is 0 Å². The van der Waals surface area contributed by atoms with Crippen molar-refractivity contribution in [1.82, 2.24) is 4.90 Å². The minimum Gasteiger partial charge on any atom is -0.478 e. The van der Waals surface area contributed by atoms with Gasteiger partial charge in [-0.1, -0.05) is 12.1 Å². The van der Waals surface area contributed by atoms with Crippen LogP contribution in [0.15, 0.2) is 29.2 Å². The fourth-order valence-corrected chi connectivity index (χ4v) is 3.33. The van der Waals surface area contributed by atoms with Crippen LogP contribution in [0.1, 0.15) is 24.2 Å². The summed E-state index contributed by atoms with van der Waals surface area (Å²) in [6, 6.07) is 6.73. The molecule has 114 valence electrons. The standard InChI is InChI=1S/C15H19NO4S/c1-10-7-16(8-11(2)20-10)14(17)9-21-13-6-4-3-5-12(13)15(18)19/h3-6,10-11H,7-9H2,1-2H3,(H,18,19). The van der Waals surface area contributed by atoms with Crippen LogP contribution in [-0.4, -0.2) is 52.9 Å². The number of carboxylic acids is 1. The van der Waals surface area contributed by atoms with E-state index in [2.05, 4.69) is 0 Å². The largest absolute Gasteiger partial charge is 0.478 e. The number of thioether (sulfide) groups is 1. The van der Waals surface area contributed by atoms with Gasteiger partial charge >= 0.3 is 5.97 Å². The monoisotopic (exact) mass is 309 g/mol. The molecule has 1 amide bonds. The highest BCUT2D eigenvalue weighted by Gasteiger charge is 2.25. The molecule has 0 aromatic heterocycles. The molecule has 0 saturated carbocycles. The highest BCUT2D eigenvalue weighted by Crippen LogP contribution is 2.23. The third kappa shape index (κ3) is 4.22. The summed E-state index contributed by atoms with van der Waals surface area (Å²) < 4.78 is 5.60. The highest BCUT2D eigenvalue weighted by atomic mass is 32.2. The molecule has 5 nitrogen and oxygen atoms in total. The van der Waals surface area contributed by atoms with Crippen molar-refractivity contribution in [3.05, 3.63) is 29.8 Å². The Balaban J connectivity index is 1.97. The molecule has 6 heteroatoms. The minimum absolute atomic E-state index is 0.0159. The third-order valence-corrected chi connectivity index (χ3v) is 4.30. The van der Waals surface area contributed by atoms with Crippen LogP contribution in [0.4, 0.5) is 0 Å². The Morgan fingerprint density at radius 2 is 1.90 bits per heavy atom. The van der Waals surface area contributed by atoms with Crippen molar-refractivity contribution < 1.29 is 19.4 Å². The second-order valence-electron chi connectivity index (χ2n) is 5.15. The van der Waals surface area contributed by atoms with Gasteiger partial charge in [0.15, 0.2) is 0 Å². The van der Waals surface area contributed by atoms with Crippen molar-refractivity contribution in [3.8, 4) is 0 Å². The van der Waals surface area contributed by atoms with Crippen molar-refractivity contribution in [2.24, 2.45) is 0 Å². The number of nitrogens with zero attached hydrogens (tertiary/aromatic N) is 1. The average molecular weight is 309 g/mol. The first kappa shape index (κ1) is 15.9. The molecular formula is C15H19NO4S. The number of hydrogen-bond donors (Lipinski definition) is 1. The average Bonchev–Trinajstić information content (AvgIpc) is 2.43. The molecule has 1 aliphatic heterocycles. The molecule has 0 spiro atoms. The second kappa shape index (κ2) is 6.95. The summed E-state index contributed by atoms with van der Waals surface area (Å²) in [5.74, 6) is -0.717. The number of rotatable bonds is 4. The molecule has 1 fully saturated rings. The van der Waals surface area contributed by atoms with Gasteiger partial charge in [-0.2, -0.15) is 0 Å². The number of ether oxygens (including phenoxy) is 1. The van der Waals surface area contributed by atoms with Gasteiger partial charge in [0.25, 0.3) is 0 Å². The van der Waals surface area contributed by atoms with E-state index >= 15 is 0 Å². The van der Waals surface area contributed by atoms with Gasteiger partial charge in [0.2, 0.25) is 5.91 Å². The Morgan fingerprint density at radius 1 is 1.29 bits per heavy atom.